The number of fused-ring (bicyclic) bond motifs is 1. The van der Waals surface area contributed by atoms with Gasteiger partial charge >= 0.3 is 0 Å². The highest BCUT2D eigenvalue weighted by molar-refractivity contribution is 7.89. The molecule has 0 unspecified atom stereocenters. The molecule has 1 heterocycles. The molecule has 2 aromatic carbocycles. The van der Waals surface area contributed by atoms with Gasteiger partial charge in [-0.05, 0) is 17.7 Å². The Morgan fingerprint density at radius 2 is 1.71 bits per heavy atom. The average Bonchev–Trinajstić information content (AvgIpc) is 3.04. The van der Waals surface area contributed by atoms with Crippen LogP contribution in [0.2, 0.25) is 5.02 Å². The molecule has 1 amide bonds. The van der Waals surface area contributed by atoms with E-state index in [-0.39, 0.29) is 51.4 Å². The number of amides is 1. The van der Waals surface area contributed by atoms with Gasteiger partial charge in [0.2, 0.25) is 15.8 Å². The summed E-state index contributed by atoms with van der Waals surface area (Å²) in [6.45, 7) is 0.0605. The summed E-state index contributed by atoms with van der Waals surface area (Å²) < 4.78 is 57.0. The van der Waals surface area contributed by atoms with Crippen molar-refractivity contribution in [3.63, 3.8) is 0 Å². The lowest BCUT2D eigenvalue weighted by molar-refractivity contribution is 0.0763. The molecule has 3 rings (SSSR count). The molecule has 168 valence electrons. The van der Waals surface area contributed by atoms with Gasteiger partial charge in [-0.3, -0.25) is 4.79 Å². The number of sulfonamides is 1. The number of halogens is 2. The van der Waals surface area contributed by atoms with Crippen molar-refractivity contribution in [1.29, 1.82) is 0 Å². The van der Waals surface area contributed by atoms with E-state index in [9.17, 15) is 17.6 Å². The molecule has 0 aliphatic carbocycles. The summed E-state index contributed by atoms with van der Waals surface area (Å²) in [6, 6.07) is 4.14. The largest absolute Gasteiger partial charge is 0.492 e. The minimum Gasteiger partial charge on any atom is -0.492 e. The van der Waals surface area contributed by atoms with Crippen LogP contribution in [0.1, 0.15) is 21.5 Å². The maximum Gasteiger partial charge on any atom is 0.258 e. The number of carbonyl (C=O) groups is 1. The van der Waals surface area contributed by atoms with Gasteiger partial charge in [-0.15, -0.1) is 0 Å². The fraction of sp³-hybridized carbons (Fsp3) is 0.350. The lowest BCUT2D eigenvalue weighted by Gasteiger charge is -2.21. The maximum absolute atomic E-state index is 13.5. The Morgan fingerprint density at radius 3 is 2.23 bits per heavy atom. The van der Waals surface area contributed by atoms with Gasteiger partial charge in [0.05, 0.1) is 31.9 Å². The van der Waals surface area contributed by atoms with Crippen molar-refractivity contribution in [3.05, 3.63) is 45.7 Å². The third-order valence-electron chi connectivity index (χ3n) is 4.98. The highest BCUT2D eigenvalue weighted by Gasteiger charge is 2.42. The number of rotatable bonds is 7. The monoisotopic (exact) mass is 472 g/mol. The maximum atomic E-state index is 13.5. The molecule has 2 aromatic rings. The van der Waals surface area contributed by atoms with E-state index in [2.05, 4.69) is 0 Å². The molecule has 11 heteroatoms. The highest BCUT2D eigenvalue weighted by Crippen LogP contribution is 2.50. The fourth-order valence-electron chi connectivity index (χ4n) is 3.51. The molecule has 0 aromatic heterocycles. The minimum atomic E-state index is -4.01. The third-order valence-corrected chi connectivity index (χ3v) is 7.18. The van der Waals surface area contributed by atoms with E-state index < -0.39 is 21.7 Å². The van der Waals surface area contributed by atoms with Crippen LogP contribution in [0, 0.1) is 5.82 Å². The van der Waals surface area contributed by atoms with E-state index in [0.717, 1.165) is 4.31 Å². The molecule has 0 N–H and O–H groups in total. The van der Waals surface area contributed by atoms with Gasteiger partial charge < -0.3 is 19.1 Å². The number of methoxy groups -OCH3 is 3. The number of nitrogens with zero attached hydrogens (tertiary/aromatic N) is 2. The molecule has 8 nitrogen and oxygen atoms in total. The second-order valence-corrected chi connectivity index (χ2v) is 9.48. The Kier molecular flexibility index (Phi) is 6.35. The second-order valence-electron chi connectivity index (χ2n) is 6.98. The Bertz CT molecular complexity index is 1150. The van der Waals surface area contributed by atoms with Gasteiger partial charge in [0.15, 0.2) is 11.5 Å². The van der Waals surface area contributed by atoms with Crippen molar-refractivity contribution in [1.82, 2.24) is 9.21 Å². The molecule has 0 fully saturated rings. The summed E-state index contributed by atoms with van der Waals surface area (Å²) in [4.78, 5) is 14.5. The molecule has 0 saturated carbocycles. The lowest BCUT2D eigenvalue weighted by Crippen LogP contribution is -2.25. The van der Waals surface area contributed by atoms with Gasteiger partial charge in [-0.1, -0.05) is 17.7 Å². The highest BCUT2D eigenvalue weighted by atomic mass is 35.5. The molecule has 0 saturated heterocycles. The zero-order valence-electron chi connectivity index (χ0n) is 17.7. The predicted molar refractivity (Wildman–Crippen MR) is 112 cm³/mol. The van der Waals surface area contributed by atoms with Crippen LogP contribution >= 0.6 is 11.6 Å². The van der Waals surface area contributed by atoms with Gasteiger partial charge in [-0.2, -0.15) is 0 Å². The third kappa shape index (κ3) is 3.79. The molecule has 0 radical (unpaired) electrons. The molecule has 0 atom stereocenters. The first-order chi connectivity index (χ1) is 14.6. The van der Waals surface area contributed by atoms with Crippen LogP contribution in [0.25, 0.3) is 0 Å². The van der Waals surface area contributed by atoms with Crippen molar-refractivity contribution in [2.24, 2.45) is 0 Å². The second kappa shape index (κ2) is 8.52. The van der Waals surface area contributed by atoms with Crippen LogP contribution in [0.15, 0.2) is 23.1 Å². The van der Waals surface area contributed by atoms with Crippen LogP contribution in [0.5, 0.6) is 17.2 Å². The number of carbonyl (C=O) groups excluding carboxylic acids is 1. The standard InChI is InChI=1S/C20H22ClFN2O6S/c1-23(2)31(26,27)19-12-10-24(9-11-6-7-14(22)13(21)8-11)20(25)15(12)16(28-3)17(29-4)18(19)30-5/h6-8H,9-10H2,1-5H3. The summed E-state index contributed by atoms with van der Waals surface area (Å²) in [5.41, 5.74) is 0.901. The average molecular weight is 473 g/mol. The lowest BCUT2D eigenvalue weighted by atomic mass is 10.1. The van der Waals surface area contributed by atoms with Crippen LogP contribution in [0.4, 0.5) is 4.39 Å². The van der Waals surface area contributed by atoms with E-state index in [0.29, 0.717) is 5.56 Å². The SMILES string of the molecule is COc1c(OC)c2c(c(S(=O)(=O)N(C)C)c1OC)CN(Cc1ccc(F)c(Cl)c1)C2=O. The number of hydrogen-bond acceptors (Lipinski definition) is 6. The first kappa shape index (κ1) is 23.1. The van der Waals surface area contributed by atoms with E-state index in [1.165, 1.54) is 58.5 Å². The molecule has 1 aliphatic heterocycles. The zero-order valence-corrected chi connectivity index (χ0v) is 19.2. The summed E-state index contributed by atoms with van der Waals surface area (Å²) in [7, 11) is 2.75. The Balaban J connectivity index is 2.22. The molecule has 1 aliphatic rings. The number of hydrogen-bond donors (Lipinski definition) is 0. The van der Waals surface area contributed by atoms with E-state index in [4.69, 9.17) is 25.8 Å². The zero-order chi connectivity index (χ0) is 23.1. The molecular formula is C20H22ClFN2O6S. The Morgan fingerprint density at radius 1 is 1.10 bits per heavy atom. The normalized spacial score (nSPS) is 13.5. The summed E-state index contributed by atoms with van der Waals surface area (Å²) in [5, 5.41) is -0.0709. The van der Waals surface area contributed by atoms with Crippen molar-refractivity contribution >= 4 is 27.5 Å². The molecule has 0 spiro atoms. The molecular weight excluding hydrogens is 451 g/mol. The Labute approximate surface area is 185 Å². The van der Waals surface area contributed by atoms with Crippen LogP contribution in [-0.4, -0.2) is 59.0 Å². The van der Waals surface area contributed by atoms with Gasteiger partial charge in [0, 0.05) is 32.7 Å². The van der Waals surface area contributed by atoms with Gasteiger partial charge in [0.1, 0.15) is 10.7 Å². The van der Waals surface area contributed by atoms with Crippen LogP contribution < -0.4 is 14.2 Å². The summed E-state index contributed by atoms with van der Waals surface area (Å²) in [5.74, 6) is -0.993. The van der Waals surface area contributed by atoms with Crippen LogP contribution in [-0.2, 0) is 23.1 Å². The minimum absolute atomic E-state index is 0.00389. The van der Waals surface area contributed by atoms with Crippen molar-refractivity contribution in [2.75, 3.05) is 35.4 Å². The first-order valence-electron chi connectivity index (χ1n) is 9.08. The summed E-state index contributed by atoms with van der Waals surface area (Å²) >= 11 is 5.86. The van der Waals surface area contributed by atoms with Gasteiger partial charge in [-0.25, -0.2) is 17.1 Å². The topological polar surface area (TPSA) is 85.4 Å². The smallest absolute Gasteiger partial charge is 0.258 e. The van der Waals surface area contributed by atoms with Gasteiger partial charge in [0.25, 0.3) is 5.91 Å². The van der Waals surface area contributed by atoms with E-state index in [1.54, 1.807) is 0 Å². The molecule has 0 bridgehead atoms. The van der Waals surface area contributed by atoms with E-state index >= 15 is 0 Å². The number of ether oxygens (including phenoxy) is 3. The fourth-order valence-corrected chi connectivity index (χ4v) is 4.97. The van der Waals surface area contributed by atoms with E-state index in [1.807, 2.05) is 0 Å². The quantitative estimate of drug-likeness (QED) is 0.616. The van der Waals surface area contributed by atoms with Crippen molar-refractivity contribution in [3.8, 4) is 17.2 Å². The predicted octanol–water partition coefficient (Wildman–Crippen LogP) is 2.91. The summed E-state index contributed by atoms with van der Waals surface area (Å²) in [6.07, 6.45) is 0. The number of benzene rings is 2. The van der Waals surface area contributed by atoms with Crippen LogP contribution in [0.3, 0.4) is 0 Å². The first-order valence-corrected chi connectivity index (χ1v) is 10.9. The Hall–Kier alpha value is -2.56. The van der Waals surface area contributed by atoms with Crippen molar-refractivity contribution in [2.45, 2.75) is 18.0 Å². The van der Waals surface area contributed by atoms with Crippen molar-refractivity contribution < 1.29 is 31.8 Å². The molecule has 31 heavy (non-hydrogen) atoms.